The minimum Gasteiger partial charge on any atom is -0.293 e. The normalized spacial score (nSPS) is 15.6. The summed E-state index contributed by atoms with van der Waals surface area (Å²) < 4.78 is 1.75. The van der Waals surface area contributed by atoms with Gasteiger partial charge in [0.2, 0.25) is 0 Å². The topological polar surface area (TPSA) is 63.9 Å². The van der Waals surface area contributed by atoms with Crippen molar-refractivity contribution in [2.75, 3.05) is 4.90 Å². The van der Waals surface area contributed by atoms with Gasteiger partial charge in [-0.05, 0) is 51.9 Å². The highest BCUT2D eigenvalue weighted by Gasteiger charge is 2.41. The monoisotopic (exact) mass is 401 g/mol. The van der Waals surface area contributed by atoms with Crippen LogP contribution in [-0.4, -0.2) is 26.1 Å². The summed E-state index contributed by atoms with van der Waals surface area (Å²) in [5.74, 6) is 0.532. The molecule has 29 heavy (non-hydrogen) atoms. The van der Waals surface area contributed by atoms with Crippen LogP contribution in [0, 0.1) is 0 Å². The summed E-state index contributed by atoms with van der Waals surface area (Å²) in [6.45, 7) is 0.518. The number of tetrazole rings is 1. The molecule has 0 aliphatic carbocycles. The number of halogens is 1. The van der Waals surface area contributed by atoms with E-state index in [1.165, 1.54) is 0 Å². The molecule has 1 atom stereocenters. The van der Waals surface area contributed by atoms with Gasteiger partial charge in [-0.3, -0.25) is 9.69 Å². The maximum Gasteiger partial charge on any atom is 0.259 e. The molecule has 0 saturated carbocycles. The van der Waals surface area contributed by atoms with E-state index in [0.29, 0.717) is 23.0 Å². The maximum absolute atomic E-state index is 13.3. The number of rotatable bonds is 4. The van der Waals surface area contributed by atoms with Crippen molar-refractivity contribution >= 4 is 23.2 Å². The smallest absolute Gasteiger partial charge is 0.259 e. The van der Waals surface area contributed by atoms with E-state index in [-0.39, 0.29) is 5.91 Å². The quantitative estimate of drug-likeness (QED) is 0.516. The van der Waals surface area contributed by atoms with Crippen LogP contribution in [0.25, 0.3) is 0 Å². The van der Waals surface area contributed by atoms with Gasteiger partial charge in [0.25, 0.3) is 5.91 Å². The van der Waals surface area contributed by atoms with Crippen LogP contribution in [-0.2, 0) is 6.54 Å². The van der Waals surface area contributed by atoms with Gasteiger partial charge in [-0.25, -0.2) is 4.68 Å². The molecule has 0 fully saturated rings. The van der Waals surface area contributed by atoms with Gasteiger partial charge in [-0.2, -0.15) is 0 Å². The Morgan fingerprint density at radius 2 is 1.62 bits per heavy atom. The molecular weight excluding hydrogens is 386 g/mol. The number of carbonyl (C=O) groups is 1. The highest BCUT2D eigenvalue weighted by Crippen LogP contribution is 2.40. The predicted molar refractivity (Wildman–Crippen MR) is 110 cm³/mol. The fourth-order valence-corrected chi connectivity index (χ4v) is 3.84. The van der Waals surface area contributed by atoms with Crippen molar-refractivity contribution in [2.45, 2.75) is 12.6 Å². The van der Waals surface area contributed by atoms with Crippen LogP contribution in [0.4, 0.5) is 5.69 Å². The average molecular weight is 402 g/mol. The zero-order chi connectivity index (χ0) is 19.8. The Morgan fingerprint density at radius 1 is 0.897 bits per heavy atom. The van der Waals surface area contributed by atoms with Gasteiger partial charge < -0.3 is 0 Å². The zero-order valence-corrected chi connectivity index (χ0v) is 16.1. The lowest BCUT2D eigenvalue weighted by Crippen LogP contribution is -2.30. The SMILES string of the molecule is O=C1c2ccccc2C(c2nnnn2Cc2ccccc2)N1c1ccc(Cl)cc1. The average Bonchev–Trinajstić information content (AvgIpc) is 3.32. The van der Waals surface area contributed by atoms with Crippen LogP contribution in [0.5, 0.6) is 0 Å². The van der Waals surface area contributed by atoms with Gasteiger partial charge in [0.05, 0.1) is 6.54 Å². The van der Waals surface area contributed by atoms with E-state index in [9.17, 15) is 4.79 Å². The Bertz CT molecular complexity index is 1170. The summed E-state index contributed by atoms with van der Waals surface area (Å²) in [5.41, 5.74) is 3.37. The van der Waals surface area contributed by atoms with Gasteiger partial charge >= 0.3 is 0 Å². The molecule has 0 saturated heterocycles. The Kier molecular flexibility index (Phi) is 4.33. The molecule has 1 amide bonds. The van der Waals surface area contributed by atoms with E-state index in [2.05, 4.69) is 15.5 Å². The third-order valence-corrected chi connectivity index (χ3v) is 5.30. The van der Waals surface area contributed by atoms with E-state index >= 15 is 0 Å². The minimum atomic E-state index is -0.418. The molecule has 3 aromatic carbocycles. The highest BCUT2D eigenvalue weighted by molar-refractivity contribution is 6.30. The third kappa shape index (κ3) is 3.07. The second kappa shape index (κ2) is 7.14. The number of aromatic nitrogens is 4. The van der Waals surface area contributed by atoms with Crippen LogP contribution in [0.3, 0.4) is 0 Å². The van der Waals surface area contributed by atoms with Crippen molar-refractivity contribution in [3.63, 3.8) is 0 Å². The largest absolute Gasteiger partial charge is 0.293 e. The Labute approximate surface area is 172 Å². The lowest BCUT2D eigenvalue weighted by Gasteiger charge is -2.24. The molecule has 0 spiro atoms. The first-order valence-corrected chi connectivity index (χ1v) is 9.58. The van der Waals surface area contributed by atoms with E-state index in [4.69, 9.17) is 11.6 Å². The summed E-state index contributed by atoms with van der Waals surface area (Å²) >= 11 is 6.06. The summed E-state index contributed by atoms with van der Waals surface area (Å²) in [6.07, 6.45) is 0. The van der Waals surface area contributed by atoms with Crippen LogP contribution < -0.4 is 4.90 Å². The lowest BCUT2D eigenvalue weighted by atomic mass is 10.0. The first-order valence-electron chi connectivity index (χ1n) is 9.20. The Balaban J connectivity index is 1.62. The van der Waals surface area contributed by atoms with Crippen molar-refractivity contribution in [3.05, 3.63) is 106 Å². The molecule has 1 unspecified atom stereocenters. The van der Waals surface area contributed by atoms with Crippen molar-refractivity contribution in [3.8, 4) is 0 Å². The molecule has 142 valence electrons. The van der Waals surface area contributed by atoms with Gasteiger partial charge in [0, 0.05) is 16.3 Å². The van der Waals surface area contributed by atoms with Gasteiger partial charge in [-0.1, -0.05) is 60.1 Å². The summed E-state index contributed by atoms with van der Waals surface area (Å²) in [7, 11) is 0. The molecule has 0 N–H and O–H groups in total. The maximum atomic E-state index is 13.3. The number of hydrogen-bond acceptors (Lipinski definition) is 4. The summed E-state index contributed by atoms with van der Waals surface area (Å²) in [4.78, 5) is 15.0. The Hall–Kier alpha value is -3.51. The molecule has 1 aliphatic rings. The van der Waals surface area contributed by atoms with Gasteiger partial charge in [0.15, 0.2) is 5.82 Å². The highest BCUT2D eigenvalue weighted by atomic mass is 35.5. The van der Waals surface area contributed by atoms with Crippen LogP contribution in [0.15, 0.2) is 78.9 Å². The molecule has 1 aromatic heterocycles. The molecule has 2 heterocycles. The van der Waals surface area contributed by atoms with Gasteiger partial charge in [0.1, 0.15) is 6.04 Å². The third-order valence-electron chi connectivity index (χ3n) is 5.05. The molecule has 5 rings (SSSR count). The molecular formula is C22H16ClN5O. The molecule has 6 nitrogen and oxygen atoms in total. The molecule has 7 heteroatoms. The number of fused-ring (bicyclic) bond motifs is 1. The second-order valence-corrected chi connectivity index (χ2v) is 7.26. The van der Waals surface area contributed by atoms with E-state index in [1.807, 2.05) is 66.7 Å². The van der Waals surface area contributed by atoms with Gasteiger partial charge in [-0.15, -0.1) is 5.10 Å². The van der Waals surface area contributed by atoms with E-state index < -0.39 is 6.04 Å². The minimum absolute atomic E-state index is 0.0813. The first-order chi connectivity index (χ1) is 14.2. The number of hydrogen-bond donors (Lipinski definition) is 0. The number of benzene rings is 3. The number of nitrogens with zero attached hydrogens (tertiary/aromatic N) is 5. The fourth-order valence-electron chi connectivity index (χ4n) is 3.72. The molecule has 4 aromatic rings. The lowest BCUT2D eigenvalue weighted by molar-refractivity contribution is 0.0992. The Morgan fingerprint density at radius 3 is 2.41 bits per heavy atom. The fraction of sp³-hybridized carbons (Fsp3) is 0.0909. The number of anilines is 1. The second-order valence-electron chi connectivity index (χ2n) is 6.82. The number of amides is 1. The van der Waals surface area contributed by atoms with Crippen LogP contribution in [0.1, 0.15) is 33.4 Å². The van der Waals surface area contributed by atoms with Crippen LogP contribution in [0.2, 0.25) is 5.02 Å². The molecule has 1 aliphatic heterocycles. The predicted octanol–water partition coefficient (Wildman–Crippen LogP) is 4.12. The molecule has 0 radical (unpaired) electrons. The van der Waals surface area contributed by atoms with Crippen molar-refractivity contribution in [1.29, 1.82) is 0 Å². The van der Waals surface area contributed by atoms with E-state index in [0.717, 1.165) is 16.8 Å². The number of carbonyl (C=O) groups excluding carboxylic acids is 1. The standard InChI is InChI=1S/C22H16ClN5O/c23-16-10-12-17(13-11-16)28-20(18-8-4-5-9-19(18)22(28)29)21-24-25-26-27(21)14-15-6-2-1-3-7-15/h1-13,20H,14H2. The van der Waals surface area contributed by atoms with Crippen molar-refractivity contribution in [2.24, 2.45) is 0 Å². The van der Waals surface area contributed by atoms with Crippen molar-refractivity contribution in [1.82, 2.24) is 20.2 Å². The van der Waals surface area contributed by atoms with E-state index in [1.54, 1.807) is 21.7 Å². The summed E-state index contributed by atoms with van der Waals surface area (Å²) in [5, 5.41) is 13.0. The molecule has 0 bridgehead atoms. The summed E-state index contributed by atoms with van der Waals surface area (Å²) in [6, 6.07) is 24.4. The zero-order valence-electron chi connectivity index (χ0n) is 15.3. The van der Waals surface area contributed by atoms with Crippen molar-refractivity contribution < 1.29 is 4.79 Å². The van der Waals surface area contributed by atoms with Crippen LogP contribution >= 0.6 is 11.6 Å². The first kappa shape index (κ1) is 17.6.